The van der Waals surface area contributed by atoms with Crippen LogP contribution in [0.25, 0.3) is 132 Å². The van der Waals surface area contributed by atoms with Crippen LogP contribution in [0.3, 0.4) is 0 Å². The first-order valence-corrected chi connectivity index (χ1v) is 22.4. The summed E-state index contributed by atoms with van der Waals surface area (Å²) in [5, 5.41) is 14.3. The molecule has 0 radical (unpaired) electrons. The molecule has 14 aromatic rings. The van der Waals surface area contributed by atoms with E-state index in [0.717, 1.165) is 55.3 Å². The van der Waals surface area contributed by atoms with Crippen molar-refractivity contribution in [2.24, 2.45) is 0 Å². The van der Waals surface area contributed by atoms with Crippen LogP contribution in [0, 0.1) is 0 Å². The molecule has 0 aliphatic rings. The van der Waals surface area contributed by atoms with Gasteiger partial charge in [0.25, 0.3) is 0 Å². The number of aromatic nitrogens is 5. The first kappa shape index (κ1) is 36.5. The van der Waals surface area contributed by atoms with Gasteiger partial charge in [0, 0.05) is 49.6 Å². The van der Waals surface area contributed by atoms with Crippen LogP contribution in [-0.2, 0) is 0 Å². The van der Waals surface area contributed by atoms with Gasteiger partial charge in [-0.25, -0.2) is 15.0 Å². The quantitative estimate of drug-likeness (QED) is 0.173. The van der Waals surface area contributed by atoms with E-state index in [1.165, 1.54) is 59.5 Å². The molecule has 0 fully saturated rings. The lowest BCUT2D eigenvalue weighted by molar-refractivity contribution is 1.07. The van der Waals surface area contributed by atoms with Crippen molar-refractivity contribution in [2.45, 2.75) is 0 Å². The Bertz CT molecular complexity index is 4290. The number of rotatable bonds is 5. The lowest BCUT2D eigenvalue weighted by Crippen LogP contribution is -2.02. The number of hydrogen-bond acceptors (Lipinski definition) is 3. The summed E-state index contributed by atoms with van der Waals surface area (Å²) >= 11 is 0. The minimum Gasteiger partial charge on any atom is -0.309 e. The first-order chi connectivity index (χ1) is 32.7. The molecular weight excluding hydrogens is 803 g/mol. The fourth-order valence-corrected chi connectivity index (χ4v) is 10.5. The molecular formula is C61H37N5. The van der Waals surface area contributed by atoms with Gasteiger partial charge < -0.3 is 9.13 Å². The number of nitrogens with zero attached hydrogens (tertiary/aromatic N) is 5. The maximum absolute atomic E-state index is 5.33. The highest BCUT2D eigenvalue weighted by molar-refractivity contribution is 6.30. The van der Waals surface area contributed by atoms with Crippen molar-refractivity contribution in [3.8, 4) is 45.5 Å². The standard InChI is InChI=1S/C61H37N5/c1-2-17-41(18-3-1)59-62-60(45-27-26-38-14-4-6-19-42(38)34-45)64-61(63-59)52-37-47(36-44-21-9-10-22-48(44)52)65-53-25-13-12-24-50(53)57-55(65)33-31-51-56-49-23-11-8-16-40(49)29-32-54(56)66(58(51)57)46-30-28-39-15-5-7-20-43(39)35-46/h1-37H. The molecule has 0 atom stereocenters. The SMILES string of the molecule is c1ccc(-c2nc(-c3ccc4ccccc4c3)nc(-c3cc(-n4c5ccccc5c5c4ccc4c6c7ccccc7ccc6n(-c6ccc7ccccc7c6)c45)cc4ccccc34)n2)cc1. The molecule has 11 aromatic carbocycles. The van der Waals surface area contributed by atoms with Crippen LogP contribution >= 0.6 is 0 Å². The van der Waals surface area contributed by atoms with E-state index in [9.17, 15) is 0 Å². The van der Waals surface area contributed by atoms with E-state index in [2.05, 4.69) is 215 Å². The Morgan fingerprint density at radius 2 is 0.833 bits per heavy atom. The molecule has 0 bridgehead atoms. The lowest BCUT2D eigenvalue weighted by Gasteiger charge is -2.15. The van der Waals surface area contributed by atoms with Gasteiger partial charge in [0.15, 0.2) is 17.5 Å². The zero-order chi connectivity index (χ0) is 43.3. The maximum Gasteiger partial charge on any atom is 0.164 e. The average Bonchev–Trinajstić information content (AvgIpc) is 3.91. The minimum absolute atomic E-state index is 0.622. The third-order valence-electron chi connectivity index (χ3n) is 13.5. The summed E-state index contributed by atoms with van der Waals surface area (Å²) in [5.41, 5.74) is 9.59. The second-order valence-electron chi connectivity index (χ2n) is 17.2. The fraction of sp³-hybridized carbons (Fsp3) is 0. The van der Waals surface area contributed by atoms with Crippen LogP contribution < -0.4 is 0 Å². The molecule has 0 saturated carbocycles. The second-order valence-corrected chi connectivity index (χ2v) is 17.2. The first-order valence-electron chi connectivity index (χ1n) is 22.4. The molecule has 3 heterocycles. The number of benzene rings is 11. The van der Waals surface area contributed by atoms with Crippen molar-refractivity contribution in [2.75, 3.05) is 0 Å². The molecule has 5 heteroatoms. The predicted octanol–water partition coefficient (Wildman–Crippen LogP) is 15.7. The maximum atomic E-state index is 5.33. The highest BCUT2D eigenvalue weighted by atomic mass is 15.0. The van der Waals surface area contributed by atoms with Gasteiger partial charge in [0.05, 0.1) is 22.1 Å². The molecule has 14 rings (SSSR count). The summed E-state index contributed by atoms with van der Waals surface area (Å²) in [5.74, 6) is 1.88. The van der Waals surface area contributed by atoms with Gasteiger partial charge in [-0.2, -0.15) is 0 Å². The van der Waals surface area contributed by atoms with Crippen molar-refractivity contribution in [3.63, 3.8) is 0 Å². The molecule has 0 saturated heterocycles. The molecule has 0 amide bonds. The van der Waals surface area contributed by atoms with Gasteiger partial charge >= 0.3 is 0 Å². The molecule has 0 spiro atoms. The highest BCUT2D eigenvalue weighted by Gasteiger charge is 2.23. The van der Waals surface area contributed by atoms with E-state index >= 15 is 0 Å². The summed E-state index contributed by atoms with van der Waals surface area (Å²) in [6.07, 6.45) is 0. The monoisotopic (exact) mass is 839 g/mol. The van der Waals surface area contributed by atoms with Gasteiger partial charge in [-0.15, -0.1) is 0 Å². The Morgan fingerprint density at radius 1 is 0.273 bits per heavy atom. The van der Waals surface area contributed by atoms with E-state index in [4.69, 9.17) is 15.0 Å². The molecule has 0 aliphatic heterocycles. The highest BCUT2D eigenvalue weighted by Crippen LogP contribution is 2.45. The Hall–Kier alpha value is -8.93. The largest absolute Gasteiger partial charge is 0.309 e. The van der Waals surface area contributed by atoms with Gasteiger partial charge in [-0.1, -0.05) is 176 Å². The lowest BCUT2D eigenvalue weighted by atomic mass is 10.0. The smallest absolute Gasteiger partial charge is 0.164 e. The average molecular weight is 840 g/mol. The van der Waals surface area contributed by atoms with Crippen LogP contribution in [-0.4, -0.2) is 24.1 Å². The van der Waals surface area contributed by atoms with E-state index < -0.39 is 0 Å². The zero-order valence-electron chi connectivity index (χ0n) is 35.6. The van der Waals surface area contributed by atoms with Gasteiger partial charge in [-0.05, 0) is 91.6 Å². The summed E-state index contributed by atoms with van der Waals surface area (Å²) in [7, 11) is 0. The third kappa shape index (κ3) is 5.57. The van der Waals surface area contributed by atoms with E-state index in [0.29, 0.717) is 17.5 Å². The van der Waals surface area contributed by atoms with Gasteiger partial charge in [0.2, 0.25) is 0 Å². The normalized spacial score (nSPS) is 11.9. The Balaban J connectivity index is 1.07. The van der Waals surface area contributed by atoms with Gasteiger partial charge in [0.1, 0.15) is 0 Å². The Morgan fingerprint density at radius 3 is 1.64 bits per heavy atom. The molecule has 0 N–H and O–H groups in total. The van der Waals surface area contributed by atoms with Crippen LogP contribution in [0.4, 0.5) is 0 Å². The van der Waals surface area contributed by atoms with E-state index in [1.807, 2.05) is 18.2 Å². The van der Waals surface area contributed by atoms with Crippen molar-refractivity contribution < 1.29 is 0 Å². The molecule has 5 nitrogen and oxygen atoms in total. The zero-order valence-corrected chi connectivity index (χ0v) is 35.6. The second kappa shape index (κ2) is 14.3. The fourth-order valence-electron chi connectivity index (χ4n) is 10.5. The molecule has 0 unspecified atom stereocenters. The molecule has 0 aliphatic carbocycles. The summed E-state index contributed by atoms with van der Waals surface area (Å²) in [6.45, 7) is 0. The summed E-state index contributed by atoms with van der Waals surface area (Å²) in [6, 6.07) is 80.6. The van der Waals surface area contributed by atoms with Crippen molar-refractivity contribution in [1.29, 1.82) is 0 Å². The van der Waals surface area contributed by atoms with Crippen molar-refractivity contribution in [3.05, 3.63) is 224 Å². The minimum atomic E-state index is 0.622. The number of fused-ring (bicyclic) bond motifs is 12. The summed E-state index contributed by atoms with van der Waals surface area (Å²) < 4.78 is 4.93. The van der Waals surface area contributed by atoms with Gasteiger partial charge in [-0.3, -0.25) is 0 Å². The predicted molar refractivity (Wildman–Crippen MR) is 275 cm³/mol. The van der Waals surface area contributed by atoms with Crippen LogP contribution in [0.15, 0.2) is 224 Å². The third-order valence-corrected chi connectivity index (χ3v) is 13.5. The Kier molecular flexibility index (Phi) is 7.91. The molecule has 3 aromatic heterocycles. The van der Waals surface area contributed by atoms with E-state index in [-0.39, 0.29) is 0 Å². The Labute approximate surface area is 379 Å². The number of hydrogen-bond donors (Lipinski definition) is 0. The van der Waals surface area contributed by atoms with Crippen LogP contribution in [0.2, 0.25) is 0 Å². The van der Waals surface area contributed by atoms with E-state index in [1.54, 1.807) is 0 Å². The van der Waals surface area contributed by atoms with Crippen LogP contribution in [0.1, 0.15) is 0 Å². The van der Waals surface area contributed by atoms with Crippen molar-refractivity contribution in [1.82, 2.24) is 24.1 Å². The topological polar surface area (TPSA) is 48.5 Å². The van der Waals surface area contributed by atoms with Crippen LogP contribution in [0.5, 0.6) is 0 Å². The van der Waals surface area contributed by atoms with Crippen molar-refractivity contribution >= 4 is 86.7 Å². The molecule has 306 valence electrons. The summed E-state index contributed by atoms with van der Waals surface area (Å²) in [4.78, 5) is 15.7. The number of para-hydroxylation sites is 1. The molecule has 66 heavy (non-hydrogen) atoms.